The molecule has 1 aromatic rings. The van der Waals surface area contributed by atoms with E-state index in [1.54, 1.807) is 6.92 Å². The number of nitrogens with zero attached hydrogens (tertiary/aromatic N) is 2. The Balaban J connectivity index is 1.72. The van der Waals surface area contributed by atoms with E-state index in [0.717, 1.165) is 31.7 Å². The molecular weight excluding hydrogens is 292 g/mol. The van der Waals surface area contributed by atoms with Crippen molar-refractivity contribution in [3.63, 3.8) is 0 Å². The number of carbonyl (C=O) groups excluding carboxylic acids is 1. The third-order valence-electron chi connectivity index (χ3n) is 4.27. The predicted octanol–water partition coefficient (Wildman–Crippen LogP) is 1.36. The van der Waals surface area contributed by atoms with Crippen LogP contribution in [0.1, 0.15) is 32.4 Å². The smallest absolute Gasteiger partial charge is 0.315 e. The van der Waals surface area contributed by atoms with Gasteiger partial charge in [-0.2, -0.15) is 0 Å². The van der Waals surface area contributed by atoms with E-state index in [1.807, 2.05) is 24.4 Å². The van der Waals surface area contributed by atoms with Crippen molar-refractivity contribution in [3.05, 3.63) is 30.1 Å². The Morgan fingerprint density at radius 1 is 1.52 bits per heavy atom. The third-order valence-corrected chi connectivity index (χ3v) is 4.27. The summed E-state index contributed by atoms with van der Waals surface area (Å²) in [6, 6.07) is 6.04. The van der Waals surface area contributed by atoms with Crippen molar-refractivity contribution in [3.8, 4) is 0 Å². The molecule has 1 aromatic heterocycles. The Bertz CT molecular complexity index is 481. The molecule has 0 bridgehead atoms. The number of aliphatic hydroxyl groups excluding tert-OH is 1. The van der Waals surface area contributed by atoms with Crippen LogP contribution in [0.5, 0.6) is 0 Å². The Labute approximate surface area is 138 Å². The summed E-state index contributed by atoms with van der Waals surface area (Å²) in [6.07, 6.45) is 2.96. The number of urea groups is 1. The maximum absolute atomic E-state index is 11.9. The van der Waals surface area contributed by atoms with E-state index in [0.29, 0.717) is 18.9 Å². The van der Waals surface area contributed by atoms with Crippen molar-refractivity contribution >= 4 is 6.03 Å². The quantitative estimate of drug-likeness (QED) is 0.740. The van der Waals surface area contributed by atoms with Crippen LogP contribution >= 0.6 is 0 Å². The summed E-state index contributed by atoms with van der Waals surface area (Å²) in [5.41, 5.74) is 1.09. The van der Waals surface area contributed by atoms with Gasteiger partial charge in [0.2, 0.25) is 0 Å². The second kappa shape index (κ2) is 8.84. The molecule has 0 aliphatic carbocycles. The number of aromatic nitrogens is 1. The maximum Gasteiger partial charge on any atom is 0.315 e. The summed E-state index contributed by atoms with van der Waals surface area (Å²) >= 11 is 0. The van der Waals surface area contributed by atoms with E-state index in [9.17, 15) is 9.90 Å². The van der Waals surface area contributed by atoms with Crippen LogP contribution in [-0.2, 0) is 6.54 Å². The zero-order valence-electron chi connectivity index (χ0n) is 14.0. The summed E-state index contributed by atoms with van der Waals surface area (Å²) in [6.45, 7) is 7.16. The van der Waals surface area contributed by atoms with E-state index >= 15 is 0 Å². The Hall–Kier alpha value is -1.66. The largest absolute Gasteiger partial charge is 0.393 e. The van der Waals surface area contributed by atoms with Crippen LogP contribution in [0.15, 0.2) is 24.4 Å². The SMILES string of the molecule is CC(O)CCNC(=O)NC1CCN(Cc2ccccn2)CC1C. The highest BCUT2D eigenvalue weighted by atomic mass is 16.3. The van der Waals surface area contributed by atoms with Crippen molar-refractivity contribution in [1.82, 2.24) is 20.5 Å². The first-order valence-corrected chi connectivity index (χ1v) is 8.39. The molecular formula is C17H28N4O2. The fourth-order valence-electron chi connectivity index (χ4n) is 2.92. The van der Waals surface area contributed by atoms with Crippen LogP contribution in [0.25, 0.3) is 0 Å². The number of amides is 2. The van der Waals surface area contributed by atoms with Gasteiger partial charge in [-0.05, 0) is 37.8 Å². The summed E-state index contributed by atoms with van der Waals surface area (Å²) in [5.74, 6) is 0.398. The molecule has 0 radical (unpaired) electrons. The summed E-state index contributed by atoms with van der Waals surface area (Å²) < 4.78 is 0. The van der Waals surface area contributed by atoms with Crippen molar-refractivity contribution in [2.24, 2.45) is 5.92 Å². The van der Waals surface area contributed by atoms with Gasteiger partial charge in [-0.3, -0.25) is 9.88 Å². The van der Waals surface area contributed by atoms with Gasteiger partial charge in [0, 0.05) is 38.4 Å². The van der Waals surface area contributed by atoms with Crippen molar-refractivity contribution in [2.75, 3.05) is 19.6 Å². The van der Waals surface area contributed by atoms with Crippen LogP contribution in [0, 0.1) is 5.92 Å². The highest BCUT2D eigenvalue weighted by molar-refractivity contribution is 5.74. The fraction of sp³-hybridized carbons (Fsp3) is 0.647. The molecule has 1 fully saturated rings. The van der Waals surface area contributed by atoms with Gasteiger partial charge in [0.1, 0.15) is 0 Å². The molecule has 2 heterocycles. The standard InChI is InChI=1S/C17H28N4O2/c1-13-11-21(12-15-5-3-4-8-18-15)10-7-16(13)20-17(23)19-9-6-14(2)22/h3-5,8,13-14,16,22H,6-7,9-12H2,1-2H3,(H2,19,20,23). The summed E-state index contributed by atoms with van der Waals surface area (Å²) in [5, 5.41) is 15.0. The lowest BCUT2D eigenvalue weighted by atomic mass is 9.94. The Kier molecular flexibility index (Phi) is 6.80. The number of hydrogen-bond acceptors (Lipinski definition) is 4. The van der Waals surface area contributed by atoms with Crippen LogP contribution in [-0.4, -0.2) is 52.8 Å². The molecule has 3 unspecified atom stereocenters. The summed E-state index contributed by atoms with van der Waals surface area (Å²) in [4.78, 5) is 18.6. The molecule has 1 aliphatic rings. The number of rotatable bonds is 6. The topological polar surface area (TPSA) is 77.5 Å². The van der Waals surface area contributed by atoms with Gasteiger partial charge >= 0.3 is 6.03 Å². The molecule has 6 nitrogen and oxygen atoms in total. The normalized spacial score (nSPS) is 23.3. The van der Waals surface area contributed by atoms with E-state index in [4.69, 9.17) is 0 Å². The first kappa shape index (κ1) is 17.7. The number of nitrogens with one attached hydrogen (secondary N) is 2. The lowest BCUT2D eigenvalue weighted by Crippen LogP contribution is -2.52. The van der Waals surface area contributed by atoms with Gasteiger partial charge in [0.25, 0.3) is 0 Å². The second-order valence-electron chi connectivity index (χ2n) is 6.47. The number of pyridine rings is 1. The van der Waals surface area contributed by atoms with Crippen molar-refractivity contribution in [2.45, 2.75) is 45.4 Å². The number of likely N-dealkylation sites (tertiary alicyclic amines) is 1. The third kappa shape index (κ3) is 6.15. The van der Waals surface area contributed by atoms with Gasteiger partial charge < -0.3 is 15.7 Å². The zero-order valence-corrected chi connectivity index (χ0v) is 14.0. The van der Waals surface area contributed by atoms with Crippen LogP contribution in [0.4, 0.5) is 4.79 Å². The van der Waals surface area contributed by atoms with Crippen LogP contribution in [0.3, 0.4) is 0 Å². The Morgan fingerprint density at radius 3 is 3.00 bits per heavy atom. The number of carbonyl (C=O) groups is 1. The molecule has 2 amide bonds. The maximum atomic E-state index is 11.9. The molecule has 2 rings (SSSR count). The highest BCUT2D eigenvalue weighted by Gasteiger charge is 2.27. The molecule has 128 valence electrons. The van der Waals surface area contributed by atoms with Crippen LogP contribution in [0.2, 0.25) is 0 Å². The molecule has 0 spiro atoms. The van der Waals surface area contributed by atoms with E-state index in [-0.39, 0.29) is 18.2 Å². The van der Waals surface area contributed by atoms with E-state index < -0.39 is 0 Å². The van der Waals surface area contributed by atoms with Gasteiger partial charge in [0.05, 0.1) is 11.8 Å². The van der Waals surface area contributed by atoms with E-state index in [1.165, 1.54) is 0 Å². The first-order chi connectivity index (χ1) is 11.0. The molecule has 3 N–H and O–H groups in total. The minimum Gasteiger partial charge on any atom is -0.393 e. The Morgan fingerprint density at radius 2 is 2.35 bits per heavy atom. The van der Waals surface area contributed by atoms with Gasteiger partial charge in [-0.15, -0.1) is 0 Å². The number of aliphatic hydroxyl groups is 1. The number of piperidine rings is 1. The molecule has 3 atom stereocenters. The predicted molar refractivity (Wildman–Crippen MR) is 89.9 cm³/mol. The minimum absolute atomic E-state index is 0.138. The number of hydrogen-bond donors (Lipinski definition) is 3. The second-order valence-corrected chi connectivity index (χ2v) is 6.47. The monoisotopic (exact) mass is 320 g/mol. The van der Waals surface area contributed by atoms with E-state index in [2.05, 4.69) is 27.4 Å². The average molecular weight is 320 g/mol. The lowest BCUT2D eigenvalue weighted by molar-refractivity contribution is 0.140. The summed E-state index contributed by atoms with van der Waals surface area (Å²) in [7, 11) is 0. The highest BCUT2D eigenvalue weighted by Crippen LogP contribution is 2.18. The van der Waals surface area contributed by atoms with Gasteiger partial charge in [-0.1, -0.05) is 13.0 Å². The van der Waals surface area contributed by atoms with Crippen molar-refractivity contribution < 1.29 is 9.90 Å². The molecule has 23 heavy (non-hydrogen) atoms. The lowest BCUT2D eigenvalue weighted by Gasteiger charge is -2.37. The molecule has 0 aromatic carbocycles. The van der Waals surface area contributed by atoms with Crippen molar-refractivity contribution in [1.29, 1.82) is 0 Å². The molecule has 6 heteroatoms. The van der Waals surface area contributed by atoms with Gasteiger partial charge in [-0.25, -0.2) is 4.79 Å². The van der Waals surface area contributed by atoms with Crippen LogP contribution < -0.4 is 10.6 Å². The molecule has 1 aliphatic heterocycles. The fourth-order valence-corrected chi connectivity index (χ4v) is 2.92. The molecule has 0 saturated carbocycles. The average Bonchev–Trinajstić information content (AvgIpc) is 2.51. The minimum atomic E-state index is -0.385. The van der Waals surface area contributed by atoms with Gasteiger partial charge in [0.15, 0.2) is 0 Å². The first-order valence-electron chi connectivity index (χ1n) is 8.39. The zero-order chi connectivity index (χ0) is 16.7. The molecule has 1 saturated heterocycles.